The number of benzene rings is 20. The minimum atomic E-state index is 0.143. The van der Waals surface area contributed by atoms with Crippen LogP contribution in [0.1, 0.15) is 151 Å². The van der Waals surface area contributed by atoms with Gasteiger partial charge in [0.05, 0.1) is 0 Å². The Morgan fingerprint density at radius 3 is 0.880 bits per heavy atom. The highest BCUT2D eigenvalue weighted by Crippen LogP contribution is 2.56. The fourth-order valence-corrected chi connectivity index (χ4v) is 22.0. The van der Waals surface area contributed by atoms with Crippen molar-refractivity contribution < 1.29 is 61.3 Å². The Hall–Kier alpha value is -15.6. The zero-order valence-corrected chi connectivity index (χ0v) is 93.2. The summed E-state index contributed by atoms with van der Waals surface area (Å²) in [5, 5.41) is 145. The van der Waals surface area contributed by atoms with Crippen molar-refractivity contribution in [1.82, 2.24) is 0 Å². The van der Waals surface area contributed by atoms with Crippen LogP contribution >= 0.6 is 63.7 Å². The van der Waals surface area contributed by atoms with Crippen LogP contribution in [0.4, 0.5) is 0 Å². The van der Waals surface area contributed by atoms with E-state index in [1.165, 1.54) is 0 Å². The summed E-state index contributed by atoms with van der Waals surface area (Å²) in [6.07, 6.45) is 10.8. The molecule has 0 aromatic heterocycles. The molecule has 0 bridgehead atoms. The molecule has 20 rings (SSSR count). The van der Waals surface area contributed by atoms with Gasteiger partial charge in [-0.3, -0.25) is 0 Å². The van der Waals surface area contributed by atoms with E-state index in [-0.39, 0.29) is 80.8 Å². The molecule has 0 unspecified atom stereocenters. The molecule has 0 fully saturated rings. The number of fused-ring (bicyclic) bond motifs is 8. The molecule has 12 N–H and O–H groups in total. The van der Waals surface area contributed by atoms with Crippen molar-refractivity contribution in [2.45, 2.75) is 123 Å². The van der Waals surface area contributed by atoms with Gasteiger partial charge < -0.3 is 61.3 Å². The summed E-state index contributed by atoms with van der Waals surface area (Å²) in [7, 11) is 0. The second-order valence-corrected chi connectivity index (χ2v) is 42.2. The summed E-state index contributed by atoms with van der Waals surface area (Å²) in [6.45, 7) is 54.4. The fourth-order valence-electron chi connectivity index (χ4n) is 20.3. The van der Waals surface area contributed by atoms with E-state index >= 15 is 0 Å². The number of hydrogen-bond acceptors (Lipinski definition) is 12. The van der Waals surface area contributed by atoms with Crippen molar-refractivity contribution in [1.29, 1.82) is 0 Å². The van der Waals surface area contributed by atoms with Crippen LogP contribution in [-0.2, 0) is 0 Å². The normalized spacial score (nSPS) is 11.1. The number of hydrogen-bond donors (Lipinski definition) is 12. The smallest absolute Gasteiger partial charge is 0.127 e. The number of aromatic hydroxyl groups is 12. The summed E-state index contributed by atoms with van der Waals surface area (Å²) in [5.41, 5.74) is 26.2. The Morgan fingerprint density at radius 1 is 0.213 bits per heavy atom. The van der Waals surface area contributed by atoms with Crippen molar-refractivity contribution in [2.75, 3.05) is 0 Å². The lowest BCUT2D eigenvalue weighted by Gasteiger charge is -2.22. The average molecular weight is 2240 g/mol. The van der Waals surface area contributed by atoms with Gasteiger partial charge in [-0.15, -0.1) is 0 Å². The predicted octanol–water partition coefficient (Wildman–Crippen LogP) is 38.7. The van der Waals surface area contributed by atoms with E-state index in [0.29, 0.717) is 66.8 Å². The second-order valence-electron chi connectivity index (χ2n) is 38.8. The number of phenols is 12. The topological polar surface area (TPSA) is 243 Å². The molecule has 0 radical (unpaired) electrons. The lowest BCUT2D eigenvalue weighted by Crippen LogP contribution is -2.00. The first kappa shape index (κ1) is 109. The van der Waals surface area contributed by atoms with Crippen molar-refractivity contribution in [3.63, 3.8) is 0 Å². The van der Waals surface area contributed by atoms with Crippen LogP contribution in [0.3, 0.4) is 0 Å². The van der Waals surface area contributed by atoms with Crippen molar-refractivity contribution in [3.8, 4) is 136 Å². The van der Waals surface area contributed by atoms with Crippen molar-refractivity contribution in [2.24, 2.45) is 0 Å². The summed E-state index contributed by atoms with van der Waals surface area (Å²) in [5.74, 6) is 2.66. The van der Waals surface area contributed by atoms with Gasteiger partial charge in [0.1, 0.15) is 69.0 Å². The van der Waals surface area contributed by atoms with Crippen molar-refractivity contribution >= 4 is 186 Å². The Morgan fingerprint density at radius 2 is 0.500 bits per heavy atom. The van der Waals surface area contributed by atoms with E-state index in [1.54, 1.807) is 54.6 Å². The first-order valence-electron chi connectivity index (χ1n) is 49.2. The summed E-state index contributed by atoms with van der Waals surface area (Å²) < 4.78 is 3.83. The Labute approximate surface area is 909 Å². The van der Waals surface area contributed by atoms with Crippen LogP contribution in [0.5, 0.6) is 69.0 Å². The Bertz CT molecular complexity index is 8960. The maximum absolute atomic E-state index is 11.0. The van der Waals surface area contributed by atoms with Gasteiger partial charge >= 0.3 is 0 Å². The van der Waals surface area contributed by atoms with Gasteiger partial charge in [0.2, 0.25) is 0 Å². The molecule has 0 saturated carbocycles. The molecule has 0 amide bonds. The van der Waals surface area contributed by atoms with Crippen LogP contribution in [0, 0.1) is 83.1 Å². The molecule has 0 heterocycles. The third-order valence-electron chi connectivity index (χ3n) is 28.8. The molecule has 0 aliphatic carbocycles. The maximum Gasteiger partial charge on any atom is 0.127 e. The van der Waals surface area contributed by atoms with Gasteiger partial charge in [0.15, 0.2) is 0 Å². The molecule has 20 aromatic carbocycles. The minimum Gasteiger partial charge on any atom is -0.507 e. The number of aryl methyl sites for hydroxylation is 4. The molecule has 0 aliphatic rings. The first-order chi connectivity index (χ1) is 71.4. The average Bonchev–Trinajstić information content (AvgIpc) is 0.731. The van der Waals surface area contributed by atoms with Gasteiger partial charge in [-0.25, -0.2) is 0 Å². The van der Waals surface area contributed by atoms with Crippen LogP contribution in [-0.4, -0.2) is 61.3 Å². The van der Waals surface area contributed by atoms with Crippen LogP contribution < -0.4 is 0 Å². The summed E-state index contributed by atoms with van der Waals surface area (Å²) >= 11 is 14.2. The van der Waals surface area contributed by atoms with E-state index in [1.807, 2.05) is 335 Å². The lowest BCUT2D eigenvalue weighted by atomic mass is 9.85. The largest absolute Gasteiger partial charge is 0.507 e. The third kappa shape index (κ3) is 20.7. The minimum absolute atomic E-state index is 0.143. The van der Waals surface area contributed by atoms with Crippen molar-refractivity contribution in [3.05, 3.63) is 411 Å². The highest BCUT2D eigenvalue weighted by atomic mass is 79.9. The number of rotatable bonds is 14. The van der Waals surface area contributed by atoms with Gasteiger partial charge in [-0.2, -0.15) is 0 Å². The van der Waals surface area contributed by atoms with E-state index in [4.69, 9.17) is 0 Å². The molecule has 0 atom stereocenters. The van der Waals surface area contributed by atoms with E-state index < -0.39 is 0 Å². The predicted molar refractivity (Wildman–Crippen MR) is 648 cm³/mol. The number of phenolic OH excluding ortho intramolecular Hbond substituents is 12. The monoisotopic (exact) mass is 2240 g/mol. The van der Waals surface area contributed by atoms with E-state index in [2.05, 4.69) is 103 Å². The number of halogens is 4. The molecule has 12 nitrogen and oxygen atoms in total. The molecule has 150 heavy (non-hydrogen) atoms. The van der Waals surface area contributed by atoms with E-state index in [9.17, 15) is 61.3 Å². The van der Waals surface area contributed by atoms with Crippen LogP contribution in [0.15, 0.2) is 300 Å². The zero-order chi connectivity index (χ0) is 109. The maximum atomic E-state index is 11.0. The highest BCUT2D eigenvalue weighted by Gasteiger charge is 2.30. The Balaban J connectivity index is 0.000000135. The van der Waals surface area contributed by atoms with Crippen LogP contribution in [0.25, 0.3) is 189 Å². The summed E-state index contributed by atoms with van der Waals surface area (Å²) in [4.78, 5) is 0. The molecule has 0 saturated heterocycles. The first-order valence-corrected chi connectivity index (χ1v) is 52.4. The molecular formula is C134H120Br4O12. The molecule has 16 heteroatoms. The van der Waals surface area contributed by atoms with Gasteiger partial charge in [0.25, 0.3) is 0 Å². The molecule has 0 spiro atoms. The van der Waals surface area contributed by atoms with Gasteiger partial charge in [-0.05, 0) is 402 Å². The molecule has 756 valence electrons. The summed E-state index contributed by atoms with van der Waals surface area (Å²) in [6, 6.07) is 77.5. The second kappa shape index (κ2) is 44.9. The molecule has 20 aromatic rings. The SMILES string of the molecule is C=Cc1c(C)c(C)c(O)c(-c2c(C)c(Br)c(C)c(C)c2O)c1C.C=Cc1cc(C(C)C)c(O)c(-c2c(C)c(Br)cc(C(C)C)c2O)c1C.C=Cc1ccc2c(-c3c(O)c(C)cc4cc(Br)ccc34)c(O)c(C)cc2c1.C=Cc1ccc2c(-c3c(O)c(C)cc4ccccc34)c(O)c(C)cc2c1.C=Cc1ccc2c(-c3c(O)ccc4cc(Br)ccc34)c(O)ccc2c1.C=Cc1ccc2c(-c3c(O)ccc4ccccc34)c(O)ccc2c1. The quantitative estimate of drug-likeness (QED) is 0.0487. The third-order valence-corrected chi connectivity index (χ3v) is 31.8. The standard InChI is InChI=1S/C24H19BrO2.C24H20O2.C22H15BrO2.C22H27BrO2.C22H16O2.C20H23BrO2/c1-4-15-5-7-19-16(11-15)9-13(2)23(26)21(19)22-20-8-6-18(25)12-17(20)10-14(3)24(22)27;1-4-16-9-10-20-18(13-16)12-15(3)24(26)22(20)21-19-8-6-5-7-17(19)11-14(2)23(21)25;1-2-13-3-7-17-14(11-13)4-9-19(24)21(17)22-18-8-6-16(23)12-15(18)5-10-20(22)25;1-8-15-9-16(11(2)3)21(24)19(13(15)6)20-14(7)18(23)10-17(12(4)5)22(20)25;1-2-14-7-10-18-16(13-14)9-12-20(24)22(18)21-17-6-4-3-5-15(17)8-11-19(21)23;1-8-15-9(2)11(4)19(22)16(13(15)6)17-14(7)18(21)10(3)12(5)20(17)23/h4-12,26-27H,1H2,2-3H3;4-13,25-26H,1H2,2-3H3;2-12,24-25H,1H2;8-12,24-25H,1H2,2-7H3;2-13,23-24H,1H2;8,22-23H,1H2,2-7H3. The van der Waals surface area contributed by atoms with Gasteiger partial charge in [0, 0.05) is 84.7 Å². The fraction of sp³-hybridized carbons (Fsp3) is 0.134. The van der Waals surface area contributed by atoms with Gasteiger partial charge in [-0.1, -0.05) is 301 Å². The van der Waals surface area contributed by atoms with E-state index in [0.717, 1.165) is 215 Å². The molecular weight excluding hydrogens is 2120 g/mol. The van der Waals surface area contributed by atoms with Crippen LogP contribution in [0.2, 0.25) is 0 Å². The highest BCUT2D eigenvalue weighted by molar-refractivity contribution is 9.11. The Kier molecular flexibility index (Phi) is 32.5. The lowest BCUT2D eigenvalue weighted by molar-refractivity contribution is 0.457. The zero-order valence-electron chi connectivity index (χ0n) is 86.8. The molecule has 0 aliphatic heterocycles.